The van der Waals surface area contributed by atoms with E-state index in [4.69, 9.17) is 4.74 Å². The van der Waals surface area contributed by atoms with Crippen molar-refractivity contribution in [1.29, 1.82) is 0 Å². The van der Waals surface area contributed by atoms with Gasteiger partial charge >= 0.3 is 0 Å². The van der Waals surface area contributed by atoms with Crippen LogP contribution in [0.25, 0.3) is 0 Å². The van der Waals surface area contributed by atoms with E-state index in [1.165, 1.54) is 24.3 Å². The van der Waals surface area contributed by atoms with Crippen LogP contribution in [0.3, 0.4) is 0 Å². The zero-order valence-corrected chi connectivity index (χ0v) is 18.4. The molecule has 0 aliphatic carbocycles. The number of carbonyl (C=O) groups excluding carboxylic acids is 2. The summed E-state index contributed by atoms with van der Waals surface area (Å²) in [4.78, 5) is 26.9. The highest BCUT2D eigenvalue weighted by molar-refractivity contribution is 7.89. The molecule has 0 aromatic heterocycles. The maximum Gasteiger partial charge on any atom is 0.240 e. The number of rotatable bonds is 9. The Morgan fingerprint density at radius 2 is 1.87 bits per heavy atom. The first-order valence-electron chi connectivity index (χ1n) is 10.1. The van der Waals surface area contributed by atoms with Crippen molar-refractivity contribution in [2.45, 2.75) is 24.7 Å². The zero-order chi connectivity index (χ0) is 22.4. The van der Waals surface area contributed by atoms with Crippen LogP contribution in [0, 0.1) is 12.8 Å². The summed E-state index contributed by atoms with van der Waals surface area (Å²) in [6.07, 6.45) is 0.710. The van der Waals surface area contributed by atoms with Gasteiger partial charge in [0.25, 0.3) is 0 Å². The van der Waals surface area contributed by atoms with Crippen LogP contribution in [-0.2, 0) is 24.3 Å². The fraction of sp³-hybridized carbons (Fsp3) is 0.364. The van der Waals surface area contributed by atoms with Crippen LogP contribution in [0.5, 0.6) is 0 Å². The van der Waals surface area contributed by atoms with Crippen LogP contribution in [0.4, 0.5) is 11.4 Å². The van der Waals surface area contributed by atoms with Crippen molar-refractivity contribution < 1.29 is 22.7 Å². The van der Waals surface area contributed by atoms with Crippen LogP contribution in [-0.4, -0.2) is 47.0 Å². The van der Waals surface area contributed by atoms with Crippen LogP contribution in [0.2, 0.25) is 0 Å². The molecule has 1 aliphatic rings. The summed E-state index contributed by atoms with van der Waals surface area (Å²) < 4.78 is 32.0. The third kappa shape index (κ3) is 5.69. The van der Waals surface area contributed by atoms with Gasteiger partial charge < -0.3 is 15.0 Å². The molecule has 2 amide bonds. The average Bonchev–Trinajstić information content (AvgIpc) is 3.13. The number of amides is 2. The molecule has 0 bridgehead atoms. The smallest absolute Gasteiger partial charge is 0.240 e. The van der Waals surface area contributed by atoms with Crippen molar-refractivity contribution in [3.8, 4) is 0 Å². The topological polar surface area (TPSA) is 105 Å². The fourth-order valence-corrected chi connectivity index (χ4v) is 4.52. The first kappa shape index (κ1) is 22.9. The van der Waals surface area contributed by atoms with E-state index >= 15 is 0 Å². The lowest BCUT2D eigenvalue weighted by Gasteiger charge is -2.19. The Kier molecular flexibility index (Phi) is 7.42. The Bertz CT molecular complexity index is 1040. The lowest BCUT2D eigenvalue weighted by molar-refractivity contribution is -0.122. The number of benzene rings is 2. The largest absolute Gasteiger partial charge is 0.385 e. The van der Waals surface area contributed by atoms with E-state index in [0.29, 0.717) is 25.3 Å². The first-order chi connectivity index (χ1) is 14.8. The number of nitrogens with one attached hydrogen (secondary N) is 2. The Morgan fingerprint density at radius 3 is 2.55 bits per heavy atom. The van der Waals surface area contributed by atoms with E-state index < -0.39 is 15.9 Å². The van der Waals surface area contributed by atoms with Gasteiger partial charge in [0.1, 0.15) is 0 Å². The lowest BCUT2D eigenvalue weighted by atomic mass is 10.1. The molecule has 1 heterocycles. The molecule has 1 saturated heterocycles. The van der Waals surface area contributed by atoms with Crippen molar-refractivity contribution in [3.63, 3.8) is 0 Å². The molecule has 2 aromatic rings. The second-order valence-corrected chi connectivity index (χ2v) is 9.22. The van der Waals surface area contributed by atoms with Gasteiger partial charge in [-0.25, -0.2) is 13.1 Å². The SMILES string of the molecule is COCCCNS(=O)(=O)c1ccc(NC(=O)C2CC(=O)N(c3ccccc3C)C2)cc1. The monoisotopic (exact) mass is 445 g/mol. The molecule has 31 heavy (non-hydrogen) atoms. The van der Waals surface area contributed by atoms with E-state index in [2.05, 4.69) is 10.0 Å². The van der Waals surface area contributed by atoms with Crippen molar-refractivity contribution in [3.05, 3.63) is 54.1 Å². The summed E-state index contributed by atoms with van der Waals surface area (Å²) in [6, 6.07) is 13.5. The molecule has 0 saturated carbocycles. The summed E-state index contributed by atoms with van der Waals surface area (Å²) in [7, 11) is -2.06. The van der Waals surface area contributed by atoms with Gasteiger partial charge in [-0.2, -0.15) is 0 Å². The number of hydrogen-bond donors (Lipinski definition) is 2. The van der Waals surface area contributed by atoms with E-state index in [9.17, 15) is 18.0 Å². The Hall–Kier alpha value is -2.75. The lowest BCUT2D eigenvalue weighted by Crippen LogP contribution is -2.28. The van der Waals surface area contributed by atoms with Crippen LogP contribution >= 0.6 is 0 Å². The van der Waals surface area contributed by atoms with Crippen LogP contribution in [0.1, 0.15) is 18.4 Å². The zero-order valence-electron chi connectivity index (χ0n) is 17.6. The van der Waals surface area contributed by atoms with Gasteiger partial charge in [0.2, 0.25) is 21.8 Å². The molecule has 3 rings (SSSR count). The summed E-state index contributed by atoms with van der Waals surface area (Å²) >= 11 is 0. The molecule has 8 nitrogen and oxygen atoms in total. The number of hydrogen-bond acceptors (Lipinski definition) is 5. The standard InChI is InChI=1S/C22H27N3O5S/c1-16-6-3-4-7-20(16)25-15-17(14-21(25)26)22(27)24-18-8-10-19(11-9-18)31(28,29)23-12-5-13-30-2/h3-4,6-11,17,23H,5,12-15H2,1-2H3,(H,24,27). The van der Waals surface area contributed by atoms with E-state index in [1.54, 1.807) is 12.0 Å². The number of carbonyl (C=O) groups is 2. The van der Waals surface area contributed by atoms with Crippen LogP contribution < -0.4 is 14.9 Å². The molecular weight excluding hydrogens is 418 g/mol. The minimum absolute atomic E-state index is 0.0876. The molecule has 2 aromatic carbocycles. The Morgan fingerprint density at radius 1 is 1.16 bits per heavy atom. The molecule has 0 radical (unpaired) electrons. The van der Waals surface area contributed by atoms with Crippen molar-refractivity contribution in [1.82, 2.24) is 4.72 Å². The Balaban J connectivity index is 1.60. The fourth-order valence-electron chi connectivity index (χ4n) is 3.45. The van der Waals surface area contributed by atoms with Crippen molar-refractivity contribution in [2.75, 3.05) is 37.0 Å². The number of methoxy groups -OCH3 is 1. The highest BCUT2D eigenvalue weighted by Crippen LogP contribution is 2.28. The minimum atomic E-state index is -3.62. The first-order valence-corrected chi connectivity index (χ1v) is 11.6. The third-order valence-corrected chi connectivity index (χ3v) is 6.63. The number of ether oxygens (including phenoxy) is 1. The van der Waals surface area contributed by atoms with E-state index in [0.717, 1.165) is 11.3 Å². The molecule has 9 heteroatoms. The molecule has 2 N–H and O–H groups in total. The van der Waals surface area contributed by atoms with Gasteiger partial charge in [0.15, 0.2) is 0 Å². The number of anilines is 2. The van der Waals surface area contributed by atoms with Gasteiger partial charge in [0.05, 0.1) is 10.8 Å². The Labute approximate surface area is 182 Å². The molecule has 1 atom stereocenters. The van der Waals surface area contributed by atoms with Crippen molar-refractivity contribution in [2.24, 2.45) is 5.92 Å². The van der Waals surface area contributed by atoms with E-state index in [1.807, 2.05) is 31.2 Å². The molecule has 166 valence electrons. The number of aryl methyl sites for hydroxylation is 1. The minimum Gasteiger partial charge on any atom is -0.385 e. The van der Waals surface area contributed by atoms with Crippen molar-refractivity contribution >= 4 is 33.2 Å². The second kappa shape index (κ2) is 10.0. The molecule has 0 spiro atoms. The summed E-state index contributed by atoms with van der Waals surface area (Å²) in [6.45, 7) is 2.99. The summed E-state index contributed by atoms with van der Waals surface area (Å²) in [5, 5.41) is 2.78. The number of para-hydroxylation sites is 1. The predicted molar refractivity (Wildman–Crippen MR) is 118 cm³/mol. The van der Waals surface area contributed by atoms with Crippen LogP contribution in [0.15, 0.2) is 53.4 Å². The molecular formula is C22H27N3O5S. The summed E-state index contributed by atoms with van der Waals surface area (Å²) in [5.41, 5.74) is 2.27. The molecule has 1 aliphatic heterocycles. The third-order valence-electron chi connectivity index (χ3n) is 5.15. The van der Waals surface area contributed by atoms with Gasteiger partial charge in [-0.15, -0.1) is 0 Å². The maximum atomic E-state index is 12.7. The predicted octanol–water partition coefficient (Wildman–Crippen LogP) is 2.30. The normalized spacial score (nSPS) is 16.5. The highest BCUT2D eigenvalue weighted by Gasteiger charge is 2.35. The molecule has 1 fully saturated rings. The highest BCUT2D eigenvalue weighted by atomic mass is 32.2. The second-order valence-electron chi connectivity index (χ2n) is 7.45. The average molecular weight is 446 g/mol. The maximum absolute atomic E-state index is 12.7. The summed E-state index contributed by atoms with van der Waals surface area (Å²) in [5.74, 6) is -0.828. The van der Waals surface area contributed by atoms with Gasteiger partial charge in [0, 0.05) is 44.6 Å². The quantitative estimate of drug-likeness (QED) is 0.577. The van der Waals surface area contributed by atoms with Gasteiger partial charge in [-0.3, -0.25) is 9.59 Å². The molecule has 1 unspecified atom stereocenters. The van der Waals surface area contributed by atoms with Gasteiger partial charge in [-0.1, -0.05) is 18.2 Å². The van der Waals surface area contributed by atoms with E-state index in [-0.39, 0.29) is 29.7 Å². The number of sulfonamides is 1. The van der Waals surface area contributed by atoms with Gasteiger partial charge in [-0.05, 0) is 49.2 Å². The number of nitrogens with zero attached hydrogens (tertiary/aromatic N) is 1.